The lowest BCUT2D eigenvalue weighted by molar-refractivity contribution is -0.0710. The molecule has 0 aromatic rings. The highest BCUT2D eigenvalue weighted by Gasteiger charge is 2.31. The lowest BCUT2D eigenvalue weighted by Gasteiger charge is -2.39. The van der Waals surface area contributed by atoms with Gasteiger partial charge in [0.25, 0.3) is 0 Å². The van der Waals surface area contributed by atoms with E-state index in [9.17, 15) is 0 Å². The molecule has 23 heavy (non-hydrogen) atoms. The van der Waals surface area contributed by atoms with Gasteiger partial charge in [0.05, 0.1) is 12.2 Å². The molecule has 4 nitrogen and oxygen atoms in total. The fraction of sp³-hybridized carbons (Fsp3) is 0.944. The summed E-state index contributed by atoms with van der Waals surface area (Å²) in [7, 11) is 0. The van der Waals surface area contributed by atoms with Crippen LogP contribution in [0.3, 0.4) is 0 Å². The minimum absolute atomic E-state index is 0.348. The number of nitrogens with one attached hydrogen (secondary N) is 1. The van der Waals surface area contributed by atoms with E-state index in [1.165, 1.54) is 44.9 Å². The average molecular weight is 340 g/mol. The normalized spacial score (nSPS) is 33.8. The van der Waals surface area contributed by atoms with Crippen molar-refractivity contribution in [3.05, 3.63) is 0 Å². The minimum atomic E-state index is 0.348. The number of hydrogen-bond acceptors (Lipinski definition) is 3. The summed E-state index contributed by atoms with van der Waals surface area (Å²) in [5.41, 5.74) is 0. The summed E-state index contributed by atoms with van der Waals surface area (Å²) in [5.74, 6) is 0. The second-order valence-corrected chi connectivity index (χ2v) is 8.14. The standard InChI is InChI=1S/C18H33N3OS/c1-14-11-20(12-15(2)22-14)13-17-9-6-10-21(17)18(23)19-16-7-4-3-5-8-16/h14-17H,3-13H2,1-2H3,(H,19,23)/t14-,15+,17-/m1/s1. The Morgan fingerprint density at radius 3 is 2.43 bits per heavy atom. The Labute approximate surface area is 146 Å². The van der Waals surface area contributed by atoms with Crippen LogP contribution in [0.25, 0.3) is 0 Å². The first kappa shape index (κ1) is 17.4. The number of ether oxygens (including phenoxy) is 1. The highest BCUT2D eigenvalue weighted by Crippen LogP contribution is 2.22. The SMILES string of the molecule is C[C@@H]1CN(C[C@H]2CCCN2C(=S)NC2CCCCC2)C[C@H](C)O1. The third kappa shape index (κ3) is 4.80. The first-order valence-electron chi connectivity index (χ1n) is 9.57. The van der Waals surface area contributed by atoms with Gasteiger partial charge in [0.15, 0.2) is 5.11 Å². The van der Waals surface area contributed by atoms with Crippen LogP contribution in [-0.2, 0) is 4.74 Å². The first-order valence-corrected chi connectivity index (χ1v) is 9.97. The Balaban J connectivity index is 1.51. The van der Waals surface area contributed by atoms with Gasteiger partial charge in [-0.2, -0.15) is 0 Å². The van der Waals surface area contributed by atoms with E-state index < -0.39 is 0 Å². The summed E-state index contributed by atoms with van der Waals surface area (Å²) in [5, 5.41) is 4.67. The van der Waals surface area contributed by atoms with Crippen LogP contribution in [0.2, 0.25) is 0 Å². The molecule has 1 aliphatic carbocycles. The number of hydrogen-bond donors (Lipinski definition) is 1. The molecule has 0 spiro atoms. The molecule has 1 N–H and O–H groups in total. The fourth-order valence-corrected chi connectivity index (χ4v) is 4.94. The number of likely N-dealkylation sites (tertiary alicyclic amines) is 1. The van der Waals surface area contributed by atoms with E-state index in [0.717, 1.165) is 31.3 Å². The van der Waals surface area contributed by atoms with Crippen molar-refractivity contribution in [1.82, 2.24) is 15.1 Å². The van der Waals surface area contributed by atoms with Crippen LogP contribution in [0.15, 0.2) is 0 Å². The van der Waals surface area contributed by atoms with E-state index in [-0.39, 0.29) is 0 Å². The summed E-state index contributed by atoms with van der Waals surface area (Å²) in [6, 6.07) is 1.19. The summed E-state index contributed by atoms with van der Waals surface area (Å²) < 4.78 is 5.86. The van der Waals surface area contributed by atoms with Crippen molar-refractivity contribution in [3.8, 4) is 0 Å². The van der Waals surface area contributed by atoms with Crippen LogP contribution in [0, 0.1) is 0 Å². The Bertz CT molecular complexity index is 390. The Hall–Kier alpha value is -0.390. The summed E-state index contributed by atoms with van der Waals surface area (Å²) >= 11 is 5.76. The monoisotopic (exact) mass is 339 g/mol. The van der Waals surface area contributed by atoms with E-state index in [2.05, 4.69) is 29.0 Å². The largest absolute Gasteiger partial charge is 0.373 e. The molecule has 0 amide bonds. The molecule has 3 atom stereocenters. The maximum atomic E-state index is 5.86. The molecule has 3 rings (SSSR count). The van der Waals surface area contributed by atoms with E-state index in [0.29, 0.717) is 24.3 Å². The van der Waals surface area contributed by atoms with Gasteiger partial charge in [-0.25, -0.2) is 0 Å². The maximum absolute atomic E-state index is 5.86. The van der Waals surface area contributed by atoms with Gasteiger partial charge in [0.2, 0.25) is 0 Å². The maximum Gasteiger partial charge on any atom is 0.169 e. The fourth-order valence-electron chi connectivity index (χ4n) is 4.53. The first-order chi connectivity index (χ1) is 11.1. The van der Waals surface area contributed by atoms with Crippen LogP contribution < -0.4 is 5.32 Å². The van der Waals surface area contributed by atoms with Crippen LogP contribution >= 0.6 is 12.2 Å². The third-order valence-electron chi connectivity index (χ3n) is 5.53. The number of thiocarbonyl (C=S) groups is 1. The molecule has 0 bridgehead atoms. The molecule has 3 fully saturated rings. The Morgan fingerprint density at radius 1 is 1.04 bits per heavy atom. The second kappa shape index (κ2) is 8.13. The number of rotatable bonds is 3. The highest BCUT2D eigenvalue weighted by molar-refractivity contribution is 7.80. The van der Waals surface area contributed by atoms with Gasteiger partial charge in [-0.1, -0.05) is 19.3 Å². The molecule has 5 heteroatoms. The van der Waals surface area contributed by atoms with Crippen molar-refractivity contribution in [2.24, 2.45) is 0 Å². The van der Waals surface area contributed by atoms with Crippen molar-refractivity contribution in [3.63, 3.8) is 0 Å². The van der Waals surface area contributed by atoms with Crippen LogP contribution in [0.1, 0.15) is 58.8 Å². The van der Waals surface area contributed by atoms with Crippen molar-refractivity contribution < 1.29 is 4.74 Å². The zero-order valence-corrected chi connectivity index (χ0v) is 15.6. The molecule has 0 unspecified atom stereocenters. The van der Waals surface area contributed by atoms with Gasteiger partial charge in [-0.3, -0.25) is 4.90 Å². The lowest BCUT2D eigenvalue weighted by Crippen LogP contribution is -2.53. The molecular weight excluding hydrogens is 306 g/mol. The van der Waals surface area contributed by atoms with Crippen molar-refractivity contribution in [1.29, 1.82) is 0 Å². The zero-order valence-electron chi connectivity index (χ0n) is 14.8. The molecule has 0 aromatic carbocycles. The third-order valence-corrected chi connectivity index (χ3v) is 5.89. The van der Waals surface area contributed by atoms with Gasteiger partial charge < -0.3 is 15.0 Å². The van der Waals surface area contributed by atoms with E-state index in [4.69, 9.17) is 17.0 Å². The smallest absolute Gasteiger partial charge is 0.169 e. The highest BCUT2D eigenvalue weighted by atomic mass is 32.1. The van der Waals surface area contributed by atoms with Gasteiger partial charge >= 0.3 is 0 Å². The topological polar surface area (TPSA) is 27.7 Å². The summed E-state index contributed by atoms with van der Waals surface area (Å²) in [6.07, 6.45) is 9.92. The number of morpholine rings is 1. The van der Waals surface area contributed by atoms with E-state index in [1.54, 1.807) is 0 Å². The summed E-state index contributed by atoms with van der Waals surface area (Å²) in [4.78, 5) is 5.04. The van der Waals surface area contributed by atoms with Crippen molar-refractivity contribution >= 4 is 17.3 Å². The van der Waals surface area contributed by atoms with Crippen LogP contribution in [0.4, 0.5) is 0 Å². The molecular formula is C18H33N3OS. The van der Waals surface area contributed by atoms with E-state index in [1.807, 2.05) is 0 Å². The molecule has 2 heterocycles. The van der Waals surface area contributed by atoms with Gasteiger partial charge in [-0.15, -0.1) is 0 Å². The molecule has 3 aliphatic rings. The molecule has 2 aliphatic heterocycles. The quantitative estimate of drug-likeness (QED) is 0.798. The van der Waals surface area contributed by atoms with Crippen molar-refractivity contribution in [2.75, 3.05) is 26.2 Å². The Morgan fingerprint density at radius 2 is 1.74 bits per heavy atom. The molecule has 132 valence electrons. The Kier molecular flexibility index (Phi) is 6.16. The van der Waals surface area contributed by atoms with Gasteiger partial charge in [0.1, 0.15) is 0 Å². The lowest BCUT2D eigenvalue weighted by atomic mass is 9.96. The molecule has 1 saturated carbocycles. The number of nitrogens with zero attached hydrogens (tertiary/aromatic N) is 2. The molecule has 0 radical (unpaired) electrons. The predicted octanol–water partition coefficient (Wildman–Crippen LogP) is 2.77. The molecule has 2 saturated heterocycles. The minimum Gasteiger partial charge on any atom is -0.373 e. The zero-order chi connectivity index (χ0) is 16.2. The van der Waals surface area contributed by atoms with E-state index >= 15 is 0 Å². The predicted molar refractivity (Wildman–Crippen MR) is 98.8 cm³/mol. The molecule has 0 aromatic heterocycles. The van der Waals surface area contributed by atoms with Crippen LogP contribution in [-0.4, -0.2) is 65.4 Å². The van der Waals surface area contributed by atoms with Gasteiger partial charge in [0, 0.05) is 38.3 Å². The second-order valence-electron chi connectivity index (χ2n) is 7.75. The van der Waals surface area contributed by atoms with Gasteiger partial charge in [-0.05, 0) is 51.7 Å². The summed E-state index contributed by atoms with van der Waals surface area (Å²) in [6.45, 7) is 8.73. The van der Waals surface area contributed by atoms with Crippen LogP contribution in [0.5, 0.6) is 0 Å². The van der Waals surface area contributed by atoms with Crippen molar-refractivity contribution in [2.45, 2.75) is 83.1 Å². The average Bonchev–Trinajstić information content (AvgIpc) is 2.95.